The first kappa shape index (κ1) is 20.0. The van der Waals surface area contributed by atoms with E-state index in [9.17, 15) is 4.79 Å². The third-order valence-corrected chi connectivity index (χ3v) is 6.37. The molecule has 0 unspecified atom stereocenters. The molecule has 1 fully saturated rings. The molecule has 152 valence electrons. The van der Waals surface area contributed by atoms with Crippen molar-refractivity contribution in [3.8, 4) is 0 Å². The van der Waals surface area contributed by atoms with Gasteiger partial charge in [0.15, 0.2) is 0 Å². The number of thiophene rings is 1. The molecular formula is C23H27N3O2S. The number of rotatable bonds is 6. The second-order valence-corrected chi connectivity index (χ2v) is 8.46. The molecule has 3 aromatic rings. The van der Waals surface area contributed by atoms with E-state index in [0.717, 1.165) is 54.9 Å². The monoisotopic (exact) mass is 409 g/mol. The number of carbonyl (C=O) groups is 1. The maximum absolute atomic E-state index is 12.7. The number of piperazine rings is 1. The van der Waals surface area contributed by atoms with Crippen molar-refractivity contribution in [2.75, 3.05) is 32.8 Å². The largest absolute Gasteiger partial charge is 0.462 e. The Morgan fingerprint density at radius 3 is 2.48 bits per heavy atom. The number of nitrogens with zero attached hydrogens (tertiary/aromatic N) is 3. The Kier molecular flexibility index (Phi) is 6.23. The third kappa shape index (κ3) is 4.50. The van der Waals surface area contributed by atoms with Crippen LogP contribution < -0.4 is 0 Å². The van der Waals surface area contributed by atoms with Crippen LogP contribution in [-0.4, -0.2) is 53.5 Å². The van der Waals surface area contributed by atoms with E-state index in [1.54, 1.807) is 0 Å². The molecule has 2 aromatic heterocycles. The highest BCUT2D eigenvalue weighted by atomic mass is 32.1. The molecule has 1 aliphatic rings. The van der Waals surface area contributed by atoms with Crippen LogP contribution in [0.2, 0.25) is 0 Å². The fourth-order valence-corrected chi connectivity index (χ4v) is 4.72. The standard InChI is InChI=1S/C23H27N3O2S/c1-3-28-23(27)22-17(2)19-8-4-5-9-20(19)24-21(22)16-26-12-10-25(11-13-26)15-18-7-6-14-29-18/h4-9,14H,3,10-13,15-16H2,1-2H3. The van der Waals surface area contributed by atoms with E-state index < -0.39 is 0 Å². The number of para-hydroxylation sites is 1. The van der Waals surface area contributed by atoms with Crippen LogP contribution in [0.1, 0.15) is 33.4 Å². The van der Waals surface area contributed by atoms with Gasteiger partial charge in [0.1, 0.15) is 0 Å². The molecule has 3 heterocycles. The molecular weight excluding hydrogens is 382 g/mol. The summed E-state index contributed by atoms with van der Waals surface area (Å²) >= 11 is 1.82. The quantitative estimate of drug-likeness (QED) is 0.574. The SMILES string of the molecule is CCOC(=O)c1c(CN2CCN(Cc3cccs3)CC2)nc2ccccc2c1C. The summed E-state index contributed by atoms with van der Waals surface area (Å²) in [7, 11) is 0. The summed E-state index contributed by atoms with van der Waals surface area (Å²) < 4.78 is 5.36. The second-order valence-electron chi connectivity index (χ2n) is 7.43. The number of hydrogen-bond donors (Lipinski definition) is 0. The lowest BCUT2D eigenvalue weighted by Crippen LogP contribution is -2.45. The minimum Gasteiger partial charge on any atom is -0.462 e. The topological polar surface area (TPSA) is 45.7 Å². The van der Waals surface area contributed by atoms with Gasteiger partial charge in [0.2, 0.25) is 0 Å². The summed E-state index contributed by atoms with van der Waals surface area (Å²) in [6, 6.07) is 12.3. The van der Waals surface area contributed by atoms with Crippen LogP contribution in [0.5, 0.6) is 0 Å². The van der Waals surface area contributed by atoms with Gasteiger partial charge in [-0.15, -0.1) is 11.3 Å². The van der Waals surface area contributed by atoms with Crippen molar-refractivity contribution in [1.29, 1.82) is 0 Å². The summed E-state index contributed by atoms with van der Waals surface area (Å²) in [5.41, 5.74) is 3.35. The smallest absolute Gasteiger partial charge is 0.340 e. The van der Waals surface area contributed by atoms with Crippen molar-refractivity contribution in [2.45, 2.75) is 26.9 Å². The summed E-state index contributed by atoms with van der Waals surface area (Å²) in [5.74, 6) is -0.269. The third-order valence-electron chi connectivity index (χ3n) is 5.50. The minimum atomic E-state index is -0.269. The Balaban J connectivity index is 1.52. The Labute approximate surface area is 175 Å². The summed E-state index contributed by atoms with van der Waals surface area (Å²) in [6.45, 7) is 9.90. The van der Waals surface area contributed by atoms with E-state index in [2.05, 4.69) is 27.3 Å². The predicted molar refractivity (Wildman–Crippen MR) is 117 cm³/mol. The molecule has 0 radical (unpaired) electrons. The zero-order chi connectivity index (χ0) is 20.2. The Morgan fingerprint density at radius 1 is 1.07 bits per heavy atom. The van der Waals surface area contributed by atoms with Gasteiger partial charge in [-0.2, -0.15) is 0 Å². The Morgan fingerprint density at radius 2 is 1.79 bits per heavy atom. The molecule has 0 spiro atoms. The lowest BCUT2D eigenvalue weighted by atomic mass is 10.0. The number of ether oxygens (including phenoxy) is 1. The fourth-order valence-electron chi connectivity index (χ4n) is 3.97. The number of aryl methyl sites for hydroxylation is 1. The summed E-state index contributed by atoms with van der Waals surface area (Å²) in [4.78, 5) is 23.9. The van der Waals surface area contributed by atoms with Crippen LogP contribution in [0, 0.1) is 6.92 Å². The number of hydrogen-bond acceptors (Lipinski definition) is 6. The zero-order valence-corrected chi connectivity index (χ0v) is 17.9. The van der Waals surface area contributed by atoms with E-state index in [4.69, 9.17) is 9.72 Å². The molecule has 0 atom stereocenters. The van der Waals surface area contributed by atoms with Crippen LogP contribution in [-0.2, 0) is 17.8 Å². The van der Waals surface area contributed by atoms with Crippen LogP contribution in [0.3, 0.4) is 0 Å². The second kappa shape index (κ2) is 9.03. The van der Waals surface area contributed by atoms with Crippen LogP contribution in [0.15, 0.2) is 41.8 Å². The number of pyridine rings is 1. The number of benzene rings is 1. The average molecular weight is 410 g/mol. The van der Waals surface area contributed by atoms with Gasteiger partial charge in [-0.3, -0.25) is 14.8 Å². The van der Waals surface area contributed by atoms with Gasteiger partial charge in [-0.1, -0.05) is 24.3 Å². The molecule has 0 N–H and O–H groups in total. The molecule has 0 aliphatic carbocycles. The summed E-state index contributed by atoms with van der Waals surface area (Å²) in [6.07, 6.45) is 0. The molecule has 0 saturated carbocycles. The van der Waals surface area contributed by atoms with Crippen molar-refractivity contribution in [3.05, 3.63) is 63.5 Å². The maximum Gasteiger partial charge on any atom is 0.340 e. The molecule has 1 aromatic carbocycles. The van der Waals surface area contributed by atoms with Gasteiger partial charge in [0, 0.05) is 49.5 Å². The van der Waals surface area contributed by atoms with Gasteiger partial charge in [0.05, 0.1) is 23.4 Å². The molecule has 29 heavy (non-hydrogen) atoms. The molecule has 0 amide bonds. The van der Waals surface area contributed by atoms with Gasteiger partial charge < -0.3 is 4.74 Å². The lowest BCUT2D eigenvalue weighted by molar-refractivity contribution is 0.0521. The van der Waals surface area contributed by atoms with Crippen LogP contribution in [0.25, 0.3) is 10.9 Å². The molecule has 5 nitrogen and oxygen atoms in total. The van der Waals surface area contributed by atoms with Gasteiger partial charge in [0.25, 0.3) is 0 Å². The van der Waals surface area contributed by atoms with E-state index in [1.165, 1.54) is 4.88 Å². The number of fused-ring (bicyclic) bond motifs is 1. The van der Waals surface area contributed by atoms with Crippen molar-refractivity contribution in [2.24, 2.45) is 0 Å². The number of aromatic nitrogens is 1. The van der Waals surface area contributed by atoms with E-state index >= 15 is 0 Å². The highest BCUT2D eigenvalue weighted by molar-refractivity contribution is 7.09. The van der Waals surface area contributed by atoms with E-state index in [1.807, 2.05) is 49.4 Å². The van der Waals surface area contributed by atoms with Gasteiger partial charge in [-0.05, 0) is 36.9 Å². The normalized spacial score (nSPS) is 15.7. The van der Waals surface area contributed by atoms with E-state index in [-0.39, 0.29) is 5.97 Å². The van der Waals surface area contributed by atoms with Gasteiger partial charge >= 0.3 is 5.97 Å². The Bertz CT molecular complexity index is 979. The van der Waals surface area contributed by atoms with Crippen LogP contribution >= 0.6 is 11.3 Å². The number of esters is 1. The summed E-state index contributed by atoms with van der Waals surface area (Å²) in [5, 5.41) is 3.15. The zero-order valence-electron chi connectivity index (χ0n) is 17.1. The molecule has 1 saturated heterocycles. The van der Waals surface area contributed by atoms with Crippen LogP contribution in [0.4, 0.5) is 0 Å². The van der Waals surface area contributed by atoms with Crippen molar-refractivity contribution in [3.63, 3.8) is 0 Å². The first-order valence-electron chi connectivity index (χ1n) is 10.2. The minimum absolute atomic E-state index is 0.269. The first-order chi connectivity index (χ1) is 14.2. The number of carbonyl (C=O) groups excluding carboxylic acids is 1. The molecule has 6 heteroatoms. The van der Waals surface area contributed by atoms with Crippen molar-refractivity contribution in [1.82, 2.24) is 14.8 Å². The molecule has 4 rings (SSSR count). The maximum atomic E-state index is 12.7. The molecule has 1 aliphatic heterocycles. The average Bonchev–Trinajstić information content (AvgIpc) is 3.23. The Hall–Kier alpha value is -2.28. The predicted octanol–water partition coefficient (Wildman–Crippen LogP) is 4.10. The highest BCUT2D eigenvalue weighted by Crippen LogP contribution is 2.25. The van der Waals surface area contributed by atoms with Gasteiger partial charge in [-0.25, -0.2) is 4.79 Å². The van der Waals surface area contributed by atoms with Crippen molar-refractivity contribution >= 4 is 28.2 Å². The fraction of sp³-hybridized carbons (Fsp3) is 0.391. The highest BCUT2D eigenvalue weighted by Gasteiger charge is 2.23. The first-order valence-corrected chi connectivity index (χ1v) is 11.1. The van der Waals surface area contributed by atoms with Crippen molar-refractivity contribution < 1.29 is 9.53 Å². The lowest BCUT2D eigenvalue weighted by Gasteiger charge is -2.34. The van der Waals surface area contributed by atoms with E-state index in [0.29, 0.717) is 18.7 Å². The molecule has 0 bridgehead atoms.